The van der Waals surface area contributed by atoms with Crippen LogP contribution in [0, 0.1) is 10.1 Å². The van der Waals surface area contributed by atoms with Gasteiger partial charge in [-0.15, -0.1) is 0 Å². The third kappa shape index (κ3) is 3.28. The van der Waals surface area contributed by atoms with Crippen LogP contribution in [0.5, 0.6) is 0 Å². The average molecular weight is 364 g/mol. The fraction of sp³-hybridized carbons (Fsp3) is 0.300. The van der Waals surface area contributed by atoms with E-state index < -0.39 is 0 Å². The van der Waals surface area contributed by atoms with Gasteiger partial charge in [0.2, 0.25) is 0 Å². The van der Waals surface area contributed by atoms with Crippen LogP contribution in [0.25, 0.3) is 22.0 Å². The molecule has 1 saturated heterocycles. The van der Waals surface area contributed by atoms with Gasteiger partial charge in [-0.3, -0.25) is 14.9 Å². The molecule has 7 heteroatoms. The molecule has 0 atom stereocenters. The molecule has 4 rings (SSSR count). The van der Waals surface area contributed by atoms with Crippen molar-refractivity contribution in [2.75, 3.05) is 18.0 Å². The molecule has 3 aromatic rings. The van der Waals surface area contributed by atoms with E-state index in [9.17, 15) is 14.9 Å². The molecular formula is C20H20N4O3. The summed E-state index contributed by atoms with van der Waals surface area (Å²) >= 11 is 0. The van der Waals surface area contributed by atoms with Gasteiger partial charge in [-0.05, 0) is 31.0 Å². The number of H-pyrrole nitrogens is 1. The number of nitrogens with zero attached hydrogens (tertiary/aromatic N) is 3. The van der Waals surface area contributed by atoms with Crippen LogP contribution in [0.2, 0.25) is 0 Å². The lowest BCUT2D eigenvalue weighted by Crippen LogP contribution is -2.23. The molecule has 0 unspecified atom stereocenters. The Bertz CT molecular complexity index is 1050. The molecule has 0 saturated carbocycles. The number of hydrogen-bond donors (Lipinski definition) is 1. The number of anilines is 1. The summed E-state index contributed by atoms with van der Waals surface area (Å²) in [6.07, 6.45) is 4.59. The van der Waals surface area contributed by atoms with E-state index in [-0.39, 0.29) is 16.2 Å². The first-order valence-electron chi connectivity index (χ1n) is 9.16. The normalized spacial score (nSPS) is 14.9. The molecule has 138 valence electrons. The lowest BCUT2D eigenvalue weighted by Gasteiger charge is -2.22. The van der Waals surface area contributed by atoms with E-state index in [0.717, 1.165) is 31.6 Å². The maximum atomic E-state index is 12.0. The van der Waals surface area contributed by atoms with E-state index in [0.29, 0.717) is 22.0 Å². The minimum absolute atomic E-state index is 0.00134. The summed E-state index contributed by atoms with van der Waals surface area (Å²) < 4.78 is 0. The zero-order valence-electron chi connectivity index (χ0n) is 14.9. The number of nitro benzene ring substituents is 1. The predicted octanol–water partition coefficient (Wildman–Crippen LogP) is 3.88. The summed E-state index contributed by atoms with van der Waals surface area (Å²) in [6.45, 7) is 1.83. The Hall–Kier alpha value is -3.22. The Morgan fingerprint density at radius 2 is 1.70 bits per heavy atom. The van der Waals surface area contributed by atoms with Gasteiger partial charge in [-0.1, -0.05) is 31.0 Å². The third-order valence-corrected chi connectivity index (χ3v) is 5.10. The van der Waals surface area contributed by atoms with Crippen molar-refractivity contribution < 1.29 is 4.92 Å². The van der Waals surface area contributed by atoms with Crippen molar-refractivity contribution >= 4 is 22.1 Å². The lowest BCUT2D eigenvalue weighted by atomic mass is 10.0. The number of nitrogens with one attached hydrogen (secondary N) is 1. The molecule has 0 bridgehead atoms. The van der Waals surface area contributed by atoms with Gasteiger partial charge >= 0.3 is 0 Å². The summed E-state index contributed by atoms with van der Waals surface area (Å²) in [4.78, 5) is 25.6. The second kappa shape index (κ2) is 7.19. The number of hydrogen-bond acceptors (Lipinski definition) is 5. The summed E-state index contributed by atoms with van der Waals surface area (Å²) in [6, 6.07) is 12.3. The minimum atomic E-state index is -0.377. The highest BCUT2D eigenvalue weighted by molar-refractivity contribution is 5.96. The molecule has 1 aliphatic rings. The number of aromatic amines is 1. The molecule has 1 aliphatic heterocycles. The molecule has 1 fully saturated rings. The maximum absolute atomic E-state index is 12.0. The van der Waals surface area contributed by atoms with Gasteiger partial charge in [-0.25, -0.2) is 5.10 Å². The molecule has 1 N–H and O–H groups in total. The average Bonchev–Trinajstić information content (AvgIpc) is 2.98. The summed E-state index contributed by atoms with van der Waals surface area (Å²) in [7, 11) is 0. The highest BCUT2D eigenvalue weighted by Crippen LogP contribution is 2.35. The summed E-state index contributed by atoms with van der Waals surface area (Å²) in [5, 5.41) is 19.4. The second-order valence-corrected chi connectivity index (χ2v) is 6.81. The number of fused-ring (bicyclic) bond motifs is 1. The SMILES string of the molecule is O=c1[nH]nc(-c2ccc(N3CCCCCC3)cc2[N+](=O)[O-])c2ccccc12. The Morgan fingerprint density at radius 3 is 2.41 bits per heavy atom. The predicted molar refractivity (Wildman–Crippen MR) is 105 cm³/mol. The lowest BCUT2D eigenvalue weighted by molar-refractivity contribution is -0.384. The molecule has 27 heavy (non-hydrogen) atoms. The van der Waals surface area contributed by atoms with E-state index in [2.05, 4.69) is 15.1 Å². The first-order chi connectivity index (χ1) is 13.1. The Balaban J connectivity index is 1.85. The van der Waals surface area contributed by atoms with Gasteiger partial charge < -0.3 is 4.90 Å². The summed E-state index contributed by atoms with van der Waals surface area (Å²) in [5.41, 5.74) is 1.38. The van der Waals surface area contributed by atoms with Gasteiger partial charge in [0.1, 0.15) is 5.69 Å². The fourth-order valence-corrected chi connectivity index (χ4v) is 3.72. The van der Waals surface area contributed by atoms with Gasteiger partial charge in [0.05, 0.1) is 15.9 Å². The number of rotatable bonds is 3. The van der Waals surface area contributed by atoms with Gasteiger partial charge in [0, 0.05) is 30.2 Å². The van der Waals surface area contributed by atoms with Crippen LogP contribution in [-0.2, 0) is 0 Å². The molecule has 0 spiro atoms. The van der Waals surface area contributed by atoms with Crippen molar-refractivity contribution in [3.05, 3.63) is 62.9 Å². The Labute approximate surface area is 155 Å². The monoisotopic (exact) mass is 364 g/mol. The van der Waals surface area contributed by atoms with E-state index in [1.807, 2.05) is 6.07 Å². The van der Waals surface area contributed by atoms with Crippen molar-refractivity contribution in [2.45, 2.75) is 25.7 Å². The fourth-order valence-electron chi connectivity index (χ4n) is 3.72. The number of benzene rings is 2. The standard InChI is InChI=1S/C20H20N4O3/c25-20-16-8-4-3-7-15(16)19(21-22-20)17-10-9-14(13-18(17)24(26)27)23-11-5-1-2-6-12-23/h3-4,7-10,13H,1-2,5-6,11-12H2,(H,22,25). The molecule has 0 radical (unpaired) electrons. The third-order valence-electron chi connectivity index (χ3n) is 5.10. The molecule has 7 nitrogen and oxygen atoms in total. The first kappa shape index (κ1) is 17.2. The van der Waals surface area contributed by atoms with Gasteiger partial charge in [-0.2, -0.15) is 5.10 Å². The molecular weight excluding hydrogens is 344 g/mol. The van der Waals surface area contributed by atoms with Gasteiger partial charge in [0.25, 0.3) is 11.2 Å². The Kier molecular flexibility index (Phi) is 4.58. The van der Waals surface area contributed by atoms with Crippen LogP contribution >= 0.6 is 0 Å². The molecule has 0 amide bonds. The molecule has 2 heterocycles. The minimum Gasteiger partial charge on any atom is -0.371 e. The zero-order valence-corrected chi connectivity index (χ0v) is 14.9. The van der Waals surface area contributed by atoms with Crippen LogP contribution < -0.4 is 10.5 Å². The summed E-state index contributed by atoms with van der Waals surface area (Å²) in [5.74, 6) is 0. The largest absolute Gasteiger partial charge is 0.371 e. The van der Waals surface area contributed by atoms with Crippen LogP contribution in [0.1, 0.15) is 25.7 Å². The zero-order chi connectivity index (χ0) is 18.8. The Morgan fingerprint density at radius 1 is 1.00 bits per heavy atom. The van der Waals surface area contributed by atoms with Crippen molar-refractivity contribution in [3.63, 3.8) is 0 Å². The van der Waals surface area contributed by atoms with Crippen molar-refractivity contribution in [2.24, 2.45) is 0 Å². The van der Waals surface area contributed by atoms with Crippen LogP contribution in [-0.4, -0.2) is 28.2 Å². The second-order valence-electron chi connectivity index (χ2n) is 6.81. The maximum Gasteiger partial charge on any atom is 0.280 e. The molecule has 1 aromatic heterocycles. The molecule has 2 aromatic carbocycles. The van der Waals surface area contributed by atoms with Crippen molar-refractivity contribution in [1.82, 2.24) is 10.2 Å². The van der Waals surface area contributed by atoms with Crippen molar-refractivity contribution in [3.8, 4) is 11.3 Å². The number of aromatic nitrogens is 2. The number of nitro groups is 1. The van der Waals surface area contributed by atoms with E-state index >= 15 is 0 Å². The van der Waals surface area contributed by atoms with Crippen molar-refractivity contribution in [1.29, 1.82) is 0 Å². The van der Waals surface area contributed by atoms with Crippen LogP contribution in [0.3, 0.4) is 0 Å². The highest BCUT2D eigenvalue weighted by Gasteiger charge is 2.22. The van der Waals surface area contributed by atoms with Crippen LogP contribution in [0.15, 0.2) is 47.3 Å². The smallest absolute Gasteiger partial charge is 0.280 e. The van der Waals surface area contributed by atoms with Gasteiger partial charge in [0.15, 0.2) is 0 Å². The molecule has 0 aliphatic carbocycles. The van der Waals surface area contributed by atoms with E-state index in [1.54, 1.807) is 36.4 Å². The topological polar surface area (TPSA) is 92.1 Å². The first-order valence-corrected chi connectivity index (χ1v) is 9.16. The van der Waals surface area contributed by atoms with E-state index in [1.165, 1.54) is 12.8 Å². The highest BCUT2D eigenvalue weighted by atomic mass is 16.6. The van der Waals surface area contributed by atoms with E-state index in [4.69, 9.17) is 0 Å². The quantitative estimate of drug-likeness (QED) is 0.562. The van der Waals surface area contributed by atoms with Crippen LogP contribution in [0.4, 0.5) is 11.4 Å².